The predicted molar refractivity (Wildman–Crippen MR) is 74.2 cm³/mol. The molecule has 2 aliphatic heterocycles. The Balaban J connectivity index is 2.01. The topological polar surface area (TPSA) is 61.9 Å². The fraction of sp³-hybridized carbons (Fsp3) is 1.00. The van der Waals surface area contributed by atoms with Crippen LogP contribution in [0.4, 0.5) is 0 Å². The first-order valence-corrected chi connectivity index (χ1v) is 8.62. The number of nitrogens with one attached hydrogen (secondary N) is 1. The maximum atomic E-state index is 12.6. The number of hydrogen-bond donors (Lipinski definition) is 1. The average Bonchev–Trinajstić information content (AvgIpc) is 2.74. The zero-order valence-electron chi connectivity index (χ0n) is 11.7. The molecular weight excluding hydrogens is 266 g/mol. The zero-order valence-corrected chi connectivity index (χ0v) is 12.5. The molecule has 0 bridgehead atoms. The maximum Gasteiger partial charge on any atom is 0.282 e. The highest BCUT2D eigenvalue weighted by atomic mass is 32.2. The molecule has 1 atom stereocenters. The molecule has 0 amide bonds. The highest BCUT2D eigenvalue weighted by Crippen LogP contribution is 2.17. The van der Waals surface area contributed by atoms with E-state index in [2.05, 4.69) is 5.32 Å². The highest BCUT2D eigenvalue weighted by Gasteiger charge is 2.31. The second-order valence-electron chi connectivity index (χ2n) is 5.10. The normalized spacial score (nSPS) is 26.7. The minimum Gasteiger partial charge on any atom is -0.377 e. The number of nitrogens with zero attached hydrogens (tertiary/aromatic N) is 2. The summed E-state index contributed by atoms with van der Waals surface area (Å²) in [6, 6.07) is 0. The van der Waals surface area contributed by atoms with E-state index in [1.807, 2.05) is 6.92 Å². The lowest BCUT2D eigenvalue weighted by molar-refractivity contribution is 0.0932. The molecule has 0 aromatic rings. The Bertz CT molecular complexity index is 360. The van der Waals surface area contributed by atoms with Crippen LogP contribution in [0, 0.1) is 0 Å². The summed E-state index contributed by atoms with van der Waals surface area (Å²) in [4.78, 5) is 0. The smallest absolute Gasteiger partial charge is 0.282 e. The number of ether oxygens (including phenoxy) is 1. The van der Waals surface area contributed by atoms with Gasteiger partial charge in [-0.25, -0.2) is 0 Å². The summed E-state index contributed by atoms with van der Waals surface area (Å²) in [5.74, 6) is 0. The quantitative estimate of drug-likeness (QED) is 0.776. The third-order valence-electron chi connectivity index (χ3n) is 3.74. The molecule has 0 spiro atoms. The Morgan fingerprint density at radius 1 is 1.32 bits per heavy atom. The van der Waals surface area contributed by atoms with Gasteiger partial charge in [-0.2, -0.15) is 17.0 Å². The Morgan fingerprint density at radius 2 is 2.16 bits per heavy atom. The van der Waals surface area contributed by atoms with Gasteiger partial charge in [-0.3, -0.25) is 0 Å². The van der Waals surface area contributed by atoms with Crippen LogP contribution < -0.4 is 5.32 Å². The molecular formula is C12H25N3O3S. The molecule has 0 aromatic carbocycles. The van der Waals surface area contributed by atoms with Gasteiger partial charge in [0.1, 0.15) is 0 Å². The largest absolute Gasteiger partial charge is 0.377 e. The van der Waals surface area contributed by atoms with Gasteiger partial charge in [-0.05, 0) is 25.8 Å². The molecule has 6 nitrogen and oxygen atoms in total. The van der Waals surface area contributed by atoms with E-state index in [-0.39, 0.29) is 6.10 Å². The first kappa shape index (κ1) is 15.2. The van der Waals surface area contributed by atoms with Gasteiger partial charge in [0.2, 0.25) is 0 Å². The standard InChI is InChI=1S/C12H25N3O3S/c1-2-14(11-12-5-3-10-18-12)19(16,17)15-8-4-6-13-7-9-15/h12-13H,2-11H2,1H3. The van der Waals surface area contributed by atoms with Crippen LogP contribution >= 0.6 is 0 Å². The second kappa shape index (κ2) is 6.99. The summed E-state index contributed by atoms with van der Waals surface area (Å²) in [5.41, 5.74) is 0. The molecule has 1 unspecified atom stereocenters. The molecule has 2 rings (SSSR count). The molecule has 0 saturated carbocycles. The van der Waals surface area contributed by atoms with Crippen LogP contribution in [0.5, 0.6) is 0 Å². The van der Waals surface area contributed by atoms with Crippen molar-refractivity contribution in [3.63, 3.8) is 0 Å². The summed E-state index contributed by atoms with van der Waals surface area (Å²) in [5, 5.41) is 3.23. The van der Waals surface area contributed by atoms with Gasteiger partial charge in [0, 0.05) is 39.3 Å². The number of rotatable bonds is 5. The first-order valence-electron chi connectivity index (χ1n) is 7.22. The average molecular weight is 291 g/mol. The monoisotopic (exact) mass is 291 g/mol. The molecule has 0 aromatic heterocycles. The van der Waals surface area contributed by atoms with Crippen molar-refractivity contribution in [2.24, 2.45) is 0 Å². The second-order valence-corrected chi connectivity index (χ2v) is 7.02. The van der Waals surface area contributed by atoms with Gasteiger partial charge in [-0.1, -0.05) is 6.92 Å². The van der Waals surface area contributed by atoms with E-state index in [1.165, 1.54) is 0 Å². The van der Waals surface area contributed by atoms with Crippen molar-refractivity contribution >= 4 is 10.2 Å². The number of likely N-dealkylation sites (N-methyl/N-ethyl adjacent to an activating group) is 1. The fourth-order valence-electron chi connectivity index (χ4n) is 2.62. The Kier molecular flexibility index (Phi) is 5.58. The summed E-state index contributed by atoms with van der Waals surface area (Å²) in [7, 11) is -3.34. The SMILES string of the molecule is CCN(CC1CCCO1)S(=O)(=O)N1CCCNCC1. The molecule has 2 fully saturated rings. The van der Waals surface area contributed by atoms with E-state index in [0.29, 0.717) is 26.2 Å². The molecule has 2 heterocycles. The van der Waals surface area contributed by atoms with E-state index in [1.54, 1.807) is 8.61 Å². The lowest BCUT2D eigenvalue weighted by Crippen LogP contribution is -2.47. The van der Waals surface area contributed by atoms with Crippen molar-refractivity contribution in [3.8, 4) is 0 Å². The molecule has 7 heteroatoms. The molecule has 112 valence electrons. The Labute approximate surface area is 116 Å². The molecule has 2 aliphatic rings. The van der Waals surface area contributed by atoms with Gasteiger partial charge < -0.3 is 10.1 Å². The predicted octanol–water partition coefficient (Wildman–Crippen LogP) is 0.0274. The summed E-state index contributed by atoms with van der Waals surface area (Å²) >= 11 is 0. The summed E-state index contributed by atoms with van der Waals surface area (Å²) in [6.45, 7) is 6.44. The minimum absolute atomic E-state index is 0.0693. The van der Waals surface area contributed by atoms with E-state index in [4.69, 9.17) is 4.74 Å². The van der Waals surface area contributed by atoms with Crippen molar-refractivity contribution in [1.82, 2.24) is 13.9 Å². The third-order valence-corrected chi connectivity index (χ3v) is 5.81. The molecule has 19 heavy (non-hydrogen) atoms. The van der Waals surface area contributed by atoms with Crippen LogP contribution in [-0.4, -0.2) is 69.0 Å². The highest BCUT2D eigenvalue weighted by molar-refractivity contribution is 7.86. The Hall–Kier alpha value is -0.210. The third kappa shape index (κ3) is 3.88. The lowest BCUT2D eigenvalue weighted by atomic mass is 10.2. The zero-order chi connectivity index (χ0) is 13.7. The minimum atomic E-state index is -3.34. The van der Waals surface area contributed by atoms with E-state index >= 15 is 0 Å². The van der Waals surface area contributed by atoms with E-state index < -0.39 is 10.2 Å². The van der Waals surface area contributed by atoms with Gasteiger partial charge >= 0.3 is 0 Å². The van der Waals surface area contributed by atoms with Crippen LogP contribution in [0.3, 0.4) is 0 Å². The van der Waals surface area contributed by atoms with Crippen molar-refractivity contribution < 1.29 is 13.2 Å². The van der Waals surface area contributed by atoms with Crippen molar-refractivity contribution in [1.29, 1.82) is 0 Å². The van der Waals surface area contributed by atoms with Gasteiger partial charge in [0.25, 0.3) is 10.2 Å². The Morgan fingerprint density at radius 3 is 2.84 bits per heavy atom. The van der Waals surface area contributed by atoms with Crippen LogP contribution in [0.25, 0.3) is 0 Å². The van der Waals surface area contributed by atoms with Crippen molar-refractivity contribution in [2.75, 3.05) is 45.9 Å². The van der Waals surface area contributed by atoms with Crippen molar-refractivity contribution in [2.45, 2.75) is 32.3 Å². The van der Waals surface area contributed by atoms with Gasteiger partial charge in [0.15, 0.2) is 0 Å². The van der Waals surface area contributed by atoms with Gasteiger partial charge in [-0.15, -0.1) is 0 Å². The van der Waals surface area contributed by atoms with Crippen LogP contribution in [-0.2, 0) is 14.9 Å². The van der Waals surface area contributed by atoms with Crippen LogP contribution in [0.1, 0.15) is 26.2 Å². The molecule has 0 aliphatic carbocycles. The molecule has 2 saturated heterocycles. The molecule has 0 radical (unpaired) electrons. The summed E-state index contributed by atoms with van der Waals surface area (Å²) in [6.07, 6.45) is 2.94. The first-order chi connectivity index (χ1) is 9.14. The van der Waals surface area contributed by atoms with Gasteiger partial charge in [0.05, 0.1) is 6.10 Å². The van der Waals surface area contributed by atoms with Crippen molar-refractivity contribution in [3.05, 3.63) is 0 Å². The fourth-order valence-corrected chi connectivity index (χ4v) is 4.31. The lowest BCUT2D eigenvalue weighted by Gasteiger charge is -2.29. The number of hydrogen-bond acceptors (Lipinski definition) is 4. The van der Waals surface area contributed by atoms with E-state index in [9.17, 15) is 8.42 Å². The summed E-state index contributed by atoms with van der Waals surface area (Å²) < 4.78 is 34.0. The van der Waals surface area contributed by atoms with Crippen LogP contribution in [0.2, 0.25) is 0 Å². The van der Waals surface area contributed by atoms with Crippen LogP contribution in [0.15, 0.2) is 0 Å². The van der Waals surface area contributed by atoms with E-state index in [0.717, 1.165) is 39.0 Å². The molecule has 1 N–H and O–H groups in total. The maximum absolute atomic E-state index is 12.6.